The zero-order chi connectivity index (χ0) is 15.8. The minimum atomic E-state index is -0.319. The molecular weight excluding hydrogens is 396 g/mol. The van der Waals surface area contributed by atoms with Crippen molar-refractivity contribution in [2.75, 3.05) is 11.6 Å². The number of aromatic nitrogens is 3. The third-order valence-corrected chi connectivity index (χ3v) is 5.57. The average Bonchev–Trinajstić information content (AvgIpc) is 2.93. The summed E-state index contributed by atoms with van der Waals surface area (Å²) in [6, 6.07) is 12.0. The molecule has 4 rings (SSSR count). The van der Waals surface area contributed by atoms with E-state index < -0.39 is 0 Å². The molecule has 0 fully saturated rings. The normalized spacial score (nSPS) is 15.8. The van der Waals surface area contributed by atoms with Gasteiger partial charge >= 0.3 is 0 Å². The van der Waals surface area contributed by atoms with Crippen LogP contribution in [0.15, 0.2) is 45.3 Å². The number of para-hydroxylation sites is 1. The van der Waals surface area contributed by atoms with Crippen LogP contribution in [-0.2, 0) is 0 Å². The van der Waals surface area contributed by atoms with Crippen LogP contribution in [0.5, 0.6) is 5.88 Å². The van der Waals surface area contributed by atoms with Crippen molar-refractivity contribution in [1.29, 1.82) is 0 Å². The largest absolute Gasteiger partial charge is 0.447 e. The maximum Gasteiger partial charge on any atom is 0.247 e. The fraction of sp³-hybridized carbons (Fsp3) is 0.133. The Bertz CT molecular complexity index is 870. The van der Waals surface area contributed by atoms with E-state index in [4.69, 9.17) is 4.74 Å². The molecule has 3 heterocycles. The van der Waals surface area contributed by atoms with Gasteiger partial charge in [0.1, 0.15) is 0 Å². The Labute approximate surface area is 149 Å². The summed E-state index contributed by atoms with van der Waals surface area (Å²) in [6.45, 7) is 0. The van der Waals surface area contributed by atoms with E-state index in [-0.39, 0.29) is 6.23 Å². The molecule has 2 aromatic heterocycles. The Morgan fingerprint density at radius 2 is 2.09 bits per heavy atom. The van der Waals surface area contributed by atoms with Gasteiger partial charge in [0.15, 0.2) is 5.69 Å². The molecule has 1 aromatic carbocycles. The van der Waals surface area contributed by atoms with Crippen molar-refractivity contribution in [3.05, 3.63) is 45.1 Å². The highest BCUT2D eigenvalue weighted by Gasteiger charge is 2.26. The molecule has 23 heavy (non-hydrogen) atoms. The molecule has 0 bridgehead atoms. The number of nitrogens with one attached hydrogen (secondary N) is 1. The number of halogens is 1. The van der Waals surface area contributed by atoms with Crippen LogP contribution in [0.25, 0.3) is 11.3 Å². The van der Waals surface area contributed by atoms with Gasteiger partial charge in [0.25, 0.3) is 0 Å². The second-order valence-corrected chi connectivity index (χ2v) is 8.05. The lowest BCUT2D eigenvalue weighted by Gasteiger charge is -2.17. The summed E-state index contributed by atoms with van der Waals surface area (Å²) in [4.78, 5) is 5.55. The monoisotopic (exact) mass is 406 g/mol. The van der Waals surface area contributed by atoms with Gasteiger partial charge in [-0.3, -0.25) is 0 Å². The fourth-order valence-corrected chi connectivity index (χ4v) is 4.03. The highest BCUT2D eigenvalue weighted by molar-refractivity contribution is 9.11. The smallest absolute Gasteiger partial charge is 0.247 e. The number of hydrogen-bond acceptors (Lipinski definition) is 7. The van der Waals surface area contributed by atoms with Gasteiger partial charge in [-0.1, -0.05) is 30.0 Å². The van der Waals surface area contributed by atoms with Crippen molar-refractivity contribution in [2.45, 2.75) is 11.4 Å². The number of nitrogens with zero attached hydrogens (tertiary/aromatic N) is 3. The molecule has 5 nitrogen and oxygen atoms in total. The molecule has 1 unspecified atom stereocenters. The Morgan fingerprint density at radius 1 is 1.22 bits per heavy atom. The van der Waals surface area contributed by atoms with Gasteiger partial charge in [0.05, 0.1) is 8.66 Å². The molecule has 1 aliphatic heterocycles. The van der Waals surface area contributed by atoms with Crippen molar-refractivity contribution < 1.29 is 4.74 Å². The lowest BCUT2D eigenvalue weighted by molar-refractivity contribution is 0.229. The van der Waals surface area contributed by atoms with Gasteiger partial charge in [-0.25, -0.2) is 0 Å². The second kappa shape index (κ2) is 6.10. The summed E-state index contributed by atoms with van der Waals surface area (Å²) in [6.07, 6.45) is 1.60. The first-order chi connectivity index (χ1) is 11.2. The van der Waals surface area contributed by atoms with Crippen molar-refractivity contribution in [3.63, 3.8) is 0 Å². The first kappa shape index (κ1) is 14.9. The third-order valence-electron chi connectivity index (χ3n) is 3.37. The molecule has 0 amide bonds. The number of rotatable bonds is 2. The SMILES string of the molecule is CSc1nnc2c(n1)OC(c1ccc(Br)s1)Nc1ccccc1-2. The molecule has 0 saturated carbocycles. The van der Waals surface area contributed by atoms with E-state index in [1.807, 2.05) is 42.7 Å². The number of thiophene rings is 1. The number of ether oxygens (including phenoxy) is 1. The van der Waals surface area contributed by atoms with Crippen molar-refractivity contribution in [1.82, 2.24) is 15.2 Å². The second-order valence-electron chi connectivity index (χ2n) is 4.78. The van der Waals surface area contributed by atoms with Crippen molar-refractivity contribution >= 4 is 44.7 Å². The summed E-state index contributed by atoms with van der Waals surface area (Å²) in [5, 5.41) is 12.5. The molecule has 116 valence electrons. The van der Waals surface area contributed by atoms with E-state index in [0.717, 1.165) is 19.9 Å². The standard InChI is InChI=1S/C15H11BrN4OS2/c1-22-15-18-14-12(19-20-15)8-4-2-3-5-9(8)17-13(21-14)10-6-7-11(16)23-10/h2-7,13,17H,1H3. The molecule has 0 spiro atoms. The van der Waals surface area contributed by atoms with Crippen LogP contribution < -0.4 is 10.1 Å². The van der Waals surface area contributed by atoms with Crippen LogP contribution in [0.2, 0.25) is 0 Å². The van der Waals surface area contributed by atoms with Gasteiger partial charge in [0.2, 0.25) is 17.3 Å². The molecule has 3 aromatic rings. The lowest BCUT2D eigenvalue weighted by Crippen LogP contribution is -2.15. The summed E-state index contributed by atoms with van der Waals surface area (Å²) >= 11 is 6.56. The summed E-state index contributed by atoms with van der Waals surface area (Å²) in [5.41, 5.74) is 2.55. The molecule has 8 heteroatoms. The van der Waals surface area contributed by atoms with E-state index in [0.29, 0.717) is 16.7 Å². The first-order valence-corrected chi connectivity index (χ1v) is 9.64. The predicted molar refractivity (Wildman–Crippen MR) is 96.1 cm³/mol. The molecular formula is C15H11BrN4OS2. The lowest BCUT2D eigenvalue weighted by atomic mass is 10.1. The quantitative estimate of drug-likeness (QED) is 0.628. The highest BCUT2D eigenvalue weighted by Crippen LogP contribution is 2.40. The van der Waals surface area contributed by atoms with Gasteiger partial charge in [0, 0.05) is 11.3 Å². The Balaban J connectivity index is 1.87. The van der Waals surface area contributed by atoms with Gasteiger partial charge in [-0.05, 0) is 40.4 Å². The van der Waals surface area contributed by atoms with E-state index in [9.17, 15) is 0 Å². The van der Waals surface area contributed by atoms with Gasteiger partial charge in [-0.2, -0.15) is 4.98 Å². The number of hydrogen-bond donors (Lipinski definition) is 1. The van der Waals surface area contributed by atoms with Crippen LogP contribution in [0.1, 0.15) is 11.1 Å². The van der Waals surface area contributed by atoms with Crippen LogP contribution in [-0.4, -0.2) is 21.4 Å². The van der Waals surface area contributed by atoms with E-state index >= 15 is 0 Å². The summed E-state index contributed by atoms with van der Waals surface area (Å²) in [5.74, 6) is 0.497. The Hall–Kier alpha value is -1.64. The van der Waals surface area contributed by atoms with Crippen LogP contribution in [0, 0.1) is 0 Å². The van der Waals surface area contributed by atoms with Crippen molar-refractivity contribution in [3.8, 4) is 17.1 Å². The minimum Gasteiger partial charge on any atom is -0.447 e. The predicted octanol–water partition coefficient (Wildman–Crippen LogP) is 4.59. The number of benzene rings is 1. The number of anilines is 1. The maximum atomic E-state index is 6.13. The van der Waals surface area contributed by atoms with Crippen LogP contribution >= 0.6 is 39.0 Å². The zero-order valence-corrected chi connectivity index (χ0v) is 15.2. The first-order valence-electron chi connectivity index (χ1n) is 6.81. The molecule has 0 aliphatic carbocycles. The molecule has 1 N–H and O–H groups in total. The number of fused-ring (bicyclic) bond motifs is 3. The highest BCUT2D eigenvalue weighted by atomic mass is 79.9. The fourth-order valence-electron chi connectivity index (χ4n) is 2.33. The average molecular weight is 407 g/mol. The number of thioether (sulfide) groups is 1. The van der Waals surface area contributed by atoms with Crippen molar-refractivity contribution in [2.24, 2.45) is 0 Å². The molecule has 0 radical (unpaired) electrons. The minimum absolute atomic E-state index is 0.319. The zero-order valence-electron chi connectivity index (χ0n) is 12.0. The van der Waals surface area contributed by atoms with Crippen LogP contribution in [0.3, 0.4) is 0 Å². The molecule has 0 saturated heterocycles. The third kappa shape index (κ3) is 2.82. The van der Waals surface area contributed by atoms with Crippen LogP contribution in [0.4, 0.5) is 5.69 Å². The van der Waals surface area contributed by atoms with E-state index in [1.54, 1.807) is 11.3 Å². The Morgan fingerprint density at radius 3 is 2.87 bits per heavy atom. The maximum absolute atomic E-state index is 6.13. The Kier molecular flexibility index (Phi) is 3.96. The summed E-state index contributed by atoms with van der Waals surface area (Å²) in [7, 11) is 0. The summed E-state index contributed by atoms with van der Waals surface area (Å²) < 4.78 is 7.19. The van der Waals surface area contributed by atoms with E-state index in [2.05, 4.69) is 36.4 Å². The van der Waals surface area contributed by atoms with Gasteiger partial charge in [-0.15, -0.1) is 21.5 Å². The molecule has 1 atom stereocenters. The molecule has 1 aliphatic rings. The van der Waals surface area contributed by atoms with E-state index in [1.165, 1.54) is 11.8 Å². The van der Waals surface area contributed by atoms with Gasteiger partial charge < -0.3 is 10.1 Å². The topological polar surface area (TPSA) is 59.9 Å².